The molecule has 1 rings (SSSR count). The third kappa shape index (κ3) is 2.07. The molecule has 0 atom stereocenters. The quantitative estimate of drug-likeness (QED) is 0.629. The minimum atomic E-state index is -0.360. The Morgan fingerprint density at radius 3 is 2.42 bits per heavy atom. The minimum Gasteiger partial charge on any atom is -0.246 e. The van der Waals surface area contributed by atoms with Crippen molar-refractivity contribution in [3.05, 3.63) is 34.9 Å². The Morgan fingerprint density at radius 1 is 1.25 bits per heavy atom. The van der Waals surface area contributed by atoms with Gasteiger partial charge in [0.05, 0.1) is 0 Å². The Kier molecular flexibility index (Phi) is 2.85. The van der Waals surface area contributed by atoms with Gasteiger partial charge in [0.25, 0.3) is 0 Å². The van der Waals surface area contributed by atoms with Gasteiger partial charge in [0.1, 0.15) is 6.67 Å². The monoisotopic (exact) mass is 166 g/mol. The number of hydrogen-bond donors (Lipinski definition) is 0. The van der Waals surface area contributed by atoms with Crippen molar-refractivity contribution in [2.75, 3.05) is 0 Å². The molecule has 0 aliphatic rings. The molecule has 0 aliphatic heterocycles. The van der Waals surface area contributed by atoms with E-state index in [2.05, 4.69) is 19.9 Å². The van der Waals surface area contributed by atoms with E-state index in [0.717, 1.165) is 11.1 Å². The van der Waals surface area contributed by atoms with E-state index in [1.165, 1.54) is 5.56 Å². The molecule has 0 saturated heterocycles. The lowest BCUT2D eigenvalue weighted by Crippen LogP contribution is -1.91. The van der Waals surface area contributed by atoms with Crippen molar-refractivity contribution >= 4 is 0 Å². The van der Waals surface area contributed by atoms with E-state index in [1.54, 1.807) is 0 Å². The highest BCUT2D eigenvalue weighted by Crippen LogP contribution is 2.18. The summed E-state index contributed by atoms with van der Waals surface area (Å²) in [4.78, 5) is 0. The molecule has 1 aromatic rings. The molecular weight excluding hydrogens is 151 g/mol. The number of alkyl halides is 1. The lowest BCUT2D eigenvalue weighted by atomic mass is 9.99. The van der Waals surface area contributed by atoms with Crippen molar-refractivity contribution < 1.29 is 4.39 Å². The first-order valence-electron chi connectivity index (χ1n) is 4.30. The third-order valence-electron chi connectivity index (χ3n) is 1.98. The van der Waals surface area contributed by atoms with Gasteiger partial charge in [0.15, 0.2) is 0 Å². The van der Waals surface area contributed by atoms with Gasteiger partial charge in [-0.15, -0.1) is 0 Å². The average Bonchev–Trinajstić information content (AvgIpc) is 2.03. The van der Waals surface area contributed by atoms with Crippen LogP contribution in [0.4, 0.5) is 4.39 Å². The average molecular weight is 166 g/mol. The van der Waals surface area contributed by atoms with Gasteiger partial charge in [-0.3, -0.25) is 0 Å². The molecule has 0 fully saturated rings. The predicted octanol–water partition coefficient (Wildman–Crippen LogP) is 3.59. The second kappa shape index (κ2) is 3.70. The number of aryl methyl sites for hydroxylation is 1. The Balaban J connectivity index is 3.06. The van der Waals surface area contributed by atoms with Crippen molar-refractivity contribution in [3.8, 4) is 0 Å². The summed E-state index contributed by atoms with van der Waals surface area (Å²) in [5.41, 5.74) is 3.16. The summed E-state index contributed by atoms with van der Waals surface area (Å²) in [7, 11) is 0. The second-order valence-electron chi connectivity index (χ2n) is 3.54. The van der Waals surface area contributed by atoms with E-state index in [1.807, 2.05) is 19.1 Å². The Hall–Kier alpha value is -0.850. The van der Waals surface area contributed by atoms with Crippen LogP contribution in [0.1, 0.15) is 36.5 Å². The topological polar surface area (TPSA) is 0 Å². The fraction of sp³-hybridized carbons (Fsp3) is 0.455. The summed E-state index contributed by atoms with van der Waals surface area (Å²) in [5, 5.41) is 0. The molecule has 12 heavy (non-hydrogen) atoms. The maximum absolute atomic E-state index is 12.3. The van der Waals surface area contributed by atoms with Crippen molar-refractivity contribution in [2.45, 2.75) is 33.4 Å². The Morgan fingerprint density at radius 2 is 1.92 bits per heavy atom. The fourth-order valence-corrected chi connectivity index (χ4v) is 1.30. The standard InChI is InChI=1S/C11H15F/c1-8(2)11-5-9(3)4-10(6-11)7-12/h4-6,8H,7H2,1-3H3. The van der Waals surface area contributed by atoms with E-state index in [4.69, 9.17) is 0 Å². The molecule has 1 heteroatoms. The highest BCUT2D eigenvalue weighted by molar-refractivity contribution is 5.30. The molecule has 0 aliphatic carbocycles. The van der Waals surface area contributed by atoms with E-state index < -0.39 is 0 Å². The molecule has 0 spiro atoms. The minimum absolute atomic E-state index is 0.360. The van der Waals surface area contributed by atoms with E-state index in [-0.39, 0.29) is 6.67 Å². The third-order valence-corrected chi connectivity index (χ3v) is 1.98. The molecule has 1 aromatic carbocycles. The zero-order valence-corrected chi connectivity index (χ0v) is 7.89. The second-order valence-corrected chi connectivity index (χ2v) is 3.54. The number of halogens is 1. The molecule has 0 heterocycles. The van der Waals surface area contributed by atoms with Crippen molar-refractivity contribution in [1.82, 2.24) is 0 Å². The number of rotatable bonds is 2. The first-order valence-corrected chi connectivity index (χ1v) is 4.30. The molecule has 66 valence electrons. The van der Waals surface area contributed by atoms with E-state index >= 15 is 0 Å². The van der Waals surface area contributed by atoms with Crippen LogP contribution < -0.4 is 0 Å². The molecule has 0 saturated carbocycles. The fourth-order valence-electron chi connectivity index (χ4n) is 1.30. The van der Waals surface area contributed by atoms with Gasteiger partial charge in [-0.2, -0.15) is 0 Å². The van der Waals surface area contributed by atoms with Gasteiger partial charge in [0.2, 0.25) is 0 Å². The molecule has 0 bridgehead atoms. The van der Waals surface area contributed by atoms with Gasteiger partial charge >= 0.3 is 0 Å². The lowest BCUT2D eigenvalue weighted by molar-refractivity contribution is 0.484. The summed E-state index contributed by atoms with van der Waals surface area (Å²) in [6, 6.07) is 5.95. The zero-order chi connectivity index (χ0) is 9.14. The molecule has 0 aromatic heterocycles. The SMILES string of the molecule is Cc1cc(CF)cc(C(C)C)c1. The number of hydrogen-bond acceptors (Lipinski definition) is 0. The summed E-state index contributed by atoms with van der Waals surface area (Å²) in [5.74, 6) is 0.482. The molecular formula is C11H15F. The summed E-state index contributed by atoms with van der Waals surface area (Å²) in [6.07, 6.45) is 0. The van der Waals surface area contributed by atoms with Gasteiger partial charge in [-0.25, -0.2) is 4.39 Å². The molecule has 0 N–H and O–H groups in total. The van der Waals surface area contributed by atoms with E-state index in [0.29, 0.717) is 5.92 Å². The Labute approximate surface area is 73.4 Å². The van der Waals surface area contributed by atoms with Crippen LogP contribution in [0, 0.1) is 6.92 Å². The molecule has 0 unspecified atom stereocenters. The predicted molar refractivity (Wildman–Crippen MR) is 50.1 cm³/mol. The largest absolute Gasteiger partial charge is 0.246 e. The molecule has 0 nitrogen and oxygen atoms in total. The van der Waals surface area contributed by atoms with Crippen LogP contribution >= 0.6 is 0 Å². The van der Waals surface area contributed by atoms with Gasteiger partial charge in [0, 0.05) is 0 Å². The van der Waals surface area contributed by atoms with Crippen LogP contribution in [0.3, 0.4) is 0 Å². The summed E-state index contributed by atoms with van der Waals surface area (Å²) < 4.78 is 12.3. The lowest BCUT2D eigenvalue weighted by Gasteiger charge is -2.08. The highest BCUT2D eigenvalue weighted by Gasteiger charge is 2.01. The van der Waals surface area contributed by atoms with Crippen LogP contribution in [0.15, 0.2) is 18.2 Å². The molecule has 0 amide bonds. The van der Waals surface area contributed by atoms with Crippen LogP contribution in [0.2, 0.25) is 0 Å². The van der Waals surface area contributed by atoms with Gasteiger partial charge < -0.3 is 0 Å². The van der Waals surface area contributed by atoms with Gasteiger partial charge in [-0.1, -0.05) is 37.6 Å². The maximum atomic E-state index is 12.3. The smallest absolute Gasteiger partial charge is 0.115 e. The van der Waals surface area contributed by atoms with E-state index in [9.17, 15) is 4.39 Å². The van der Waals surface area contributed by atoms with Crippen LogP contribution in [-0.4, -0.2) is 0 Å². The molecule has 0 radical (unpaired) electrons. The first kappa shape index (κ1) is 9.24. The van der Waals surface area contributed by atoms with Crippen molar-refractivity contribution in [3.63, 3.8) is 0 Å². The maximum Gasteiger partial charge on any atom is 0.115 e. The van der Waals surface area contributed by atoms with Crippen LogP contribution in [-0.2, 0) is 6.67 Å². The number of benzene rings is 1. The van der Waals surface area contributed by atoms with Crippen LogP contribution in [0.25, 0.3) is 0 Å². The van der Waals surface area contributed by atoms with Crippen molar-refractivity contribution in [1.29, 1.82) is 0 Å². The van der Waals surface area contributed by atoms with Gasteiger partial charge in [-0.05, 0) is 24.0 Å². The summed E-state index contributed by atoms with van der Waals surface area (Å²) in [6.45, 7) is 5.89. The Bertz CT molecular complexity index is 264. The van der Waals surface area contributed by atoms with Crippen LogP contribution in [0.5, 0.6) is 0 Å². The normalized spacial score (nSPS) is 10.8. The highest BCUT2D eigenvalue weighted by atomic mass is 19.1. The summed E-state index contributed by atoms with van der Waals surface area (Å²) >= 11 is 0. The zero-order valence-electron chi connectivity index (χ0n) is 7.89. The van der Waals surface area contributed by atoms with Crippen molar-refractivity contribution in [2.24, 2.45) is 0 Å². The first-order chi connectivity index (χ1) is 5.63.